The summed E-state index contributed by atoms with van der Waals surface area (Å²) in [7, 11) is 4.39. The quantitative estimate of drug-likeness (QED) is 0.901. The van der Waals surface area contributed by atoms with E-state index < -0.39 is 0 Å². The number of rotatable bonds is 3. The summed E-state index contributed by atoms with van der Waals surface area (Å²) in [5.74, 6) is 0. The van der Waals surface area contributed by atoms with E-state index >= 15 is 0 Å². The topological polar surface area (TPSA) is 44.4 Å². The molecule has 4 heteroatoms. The van der Waals surface area contributed by atoms with Crippen molar-refractivity contribution in [3.8, 4) is 0 Å². The first-order chi connectivity index (χ1) is 10.4. The number of hydrogen-bond donors (Lipinski definition) is 2. The van der Waals surface area contributed by atoms with Crippen LogP contribution in [-0.4, -0.2) is 42.6 Å². The summed E-state index contributed by atoms with van der Waals surface area (Å²) in [5.41, 5.74) is 2.93. The molecular formula is C18H27N3O. The molecule has 1 aliphatic carbocycles. The van der Waals surface area contributed by atoms with Crippen LogP contribution in [-0.2, 0) is 6.42 Å². The van der Waals surface area contributed by atoms with Crippen molar-refractivity contribution >= 4 is 6.03 Å². The van der Waals surface area contributed by atoms with Gasteiger partial charge in [-0.3, -0.25) is 0 Å². The fraction of sp³-hybridized carbons (Fsp3) is 0.611. The Hall–Kier alpha value is -1.55. The molecule has 0 atom stereocenters. The summed E-state index contributed by atoms with van der Waals surface area (Å²) in [5, 5.41) is 6.08. The van der Waals surface area contributed by atoms with E-state index in [0.29, 0.717) is 0 Å². The monoisotopic (exact) mass is 301 g/mol. The lowest BCUT2D eigenvalue weighted by atomic mass is 9.69. The maximum atomic E-state index is 11.5. The van der Waals surface area contributed by atoms with Crippen molar-refractivity contribution in [3.63, 3.8) is 0 Å². The summed E-state index contributed by atoms with van der Waals surface area (Å²) >= 11 is 0. The Balaban J connectivity index is 1.75. The van der Waals surface area contributed by atoms with Gasteiger partial charge in [-0.15, -0.1) is 0 Å². The van der Waals surface area contributed by atoms with Gasteiger partial charge in [0, 0.05) is 12.1 Å². The number of likely N-dealkylation sites (N-methyl/N-ethyl adjacent to an activating group) is 1. The van der Waals surface area contributed by atoms with Crippen molar-refractivity contribution in [2.45, 2.75) is 50.1 Å². The van der Waals surface area contributed by atoms with E-state index in [1.807, 2.05) is 0 Å². The molecule has 2 aliphatic rings. The minimum Gasteiger partial charge on any atom is -0.336 e. The highest BCUT2D eigenvalue weighted by Crippen LogP contribution is 2.40. The van der Waals surface area contributed by atoms with Gasteiger partial charge >= 0.3 is 6.03 Å². The molecule has 1 saturated carbocycles. The summed E-state index contributed by atoms with van der Waals surface area (Å²) in [6.07, 6.45) is 5.43. The van der Waals surface area contributed by atoms with Crippen molar-refractivity contribution in [2.24, 2.45) is 0 Å². The van der Waals surface area contributed by atoms with Gasteiger partial charge < -0.3 is 15.5 Å². The first-order valence-electron chi connectivity index (χ1n) is 8.22. The molecule has 2 fully saturated rings. The molecule has 0 bridgehead atoms. The normalized spacial score (nSPS) is 31.4. The third kappa shape index (κ3) is 2.84. The number of urea groups is 1. The summed E-state index contributed by atoms with van der Waals surface area (Å²) < 4.78 is 0. The second kappa shape index (κ2) is 5.58. The number of carbonyl (C=O) groups excluding carboxylic acids is 1. The Kier molecular flexibility index (Phi) is 3.89. The molecule has 1 heterocycles. The first-order valence-corrected chi connectivity index (χ1v) is 8.22. The van der Waals surface area contributed by atoms with Crippen molar-refractivity contribution in [2.75, 3.05) is 20.6 Å². The Bertz CT molecular complexity index is 559. The minimum absolute atomic E-state index is 0.00367. The van der Waals surface area contributed by atoms with Crippen molar-refractivity contribution in [1.29, 1.82) is 0 Å². The van der Waals surface area contributed by atoms with Gasteiger partial charge in [0.15, 0.2) is 0 Å². The average Bonchev–Trinajstić information content (AvgIpc) is 2.83. The van der Waals surface area contributed by atoms with E-state index in [-0.39, 0.29) is 17.1 Å². The van der Waals surface area contributed by atoms with E-state index in [0.717, 1.165) is 38.6 Å². The van der Waals surface area contributed by atoms with Crippen molar-refractivity contribution in [3.05, 3.63) is 35.4 Å². The lowest BCUT2D eigenvalue weighted by Gasteiger charge is -2.48. The number of amides is 2. The van der Waals surface area contributed by atoms with E-state index in [1.165, 1.54) is 11.1 Å². The number of nitrogens with zero attached hydrogens (tertiary/aromatic N) is 1. The van der Waals surface area contributed by atoms with Crippen molar-refractivity contribution < 1.29 is 4.79 Å². The smallest absolute Gasteiger partial charge is 0.315 e. The highest BCUT2D eigenvalue weighted by atomic mass is 16.2. The molecule has 0 radical (unpaired) electrons. The van der Waals surface area contributed by atoms with Gasteiger partial charge in [0.05, 0.1) is 5.54 Å². The van der Waals surface area contributed by atoms with Gasteiger partial charge in [0.25, 0.3) is 0 Å². The van der Waals surface area contributed by atoms with Gasteiger partial charge in [0.1, 0.15) is 0 Å². The number of carbonyl (C=O) groups is 1. The molecule has 1 aromatic rings. The predicted molar refractivity (Wildman–Crippen MR) is 89.0 cm³/mol. The van der Waals surface area contributed by atoms with Crippen LogP contribution < -0.4 is 10.6 Å². The minimum atomic E-state index is -0.0107. The van der Waals surface area contributed by atoms with Gasteiger partial charge in [-0.1, -0.05) is 29.8 Å². The summed E-state index contributed by atoms with van der Waals surface area (Å²) in [6.45, 7) is 2.93. The maximum absolute atomic E-state index is 11.5. The molecule has 4 nitrogen and oxygen atoms in total. The zero-order valence-electron chi connectivity index (χ0n) is 13.9. The second-order valence-electron chi connectivity index (χ2n) is 7.37. The first kappa shape index (κ1) is 15.3. The third-order valence-corrected chi connectivity index (χ3v) is 5.67. The zero-order valence-corrected chi connectivity index (χ0v) is 13.9. The van der Waals surface area contributed by atoms with E-state index in [1.54, 1.807) is 0 Å². The summed E-state index contributed by atoms with van der Waals surface area (Å²) in [4.78, 5) is 13.9. The van der Waals surface area contributed by atoms with E-state index in [9.17, 15) is 4.79 Å². The average molecular weight is 301 g/mol. The second-order valence-corrected chi connectivity index (χ2v) is 7.37. The van der Waals surface area contributed by atoms with Gasteiger partial charge in [-0.25, -0.2) is 4.79 Å². The highest BCUT2D eigenvalue weighted by molar-refractivity contribution is 5.77. The van der Waals surface area contributed by atoms with Crippen LogP contribution in [0, 0.1) is 6.92 Å². The van der Waals surface area contributed by atoms with Crippen LogP contribution >= 0.6 is 0 Å². The number of hydrogen-bond acceptors (Lipinski definition) is 2. The van der Waals surface area contributed by atoms with Crippen LogP contribution in [0.25, 0.3) is 0 Å². The molecule has 1 aliphatic heterocycles. The van der Waals surface area contributed by atoms with Crippen LogP contribution in [0.4, 0.5) is 4.79 Å². The molecule has 3 rings (SSSR count). The van der Waals surface area contributed by atoms with Crippen LogP contribution in [0.2, 0.25) is 0 Å². The molecule has 1 aromatic carbocycles. The number of nitrogens with one attached hydrogen (secondary N) is 2. The highest BCUT2D eigenvalue weighted by Gasteiger charge is 2.46. The molecule has 0 aromatic heterocycles. The molecule has 22 heavy (non-hydrogen) atoms. The summed E-state index contributed by atoms with van der Waals surface area (Å²) in [6, 6.07) is 8.84. The number of aryl methyl sites for hydroxylation is 1. The van der Waals surface area contributed by atoms with Gasteiger partial charge in [0.2, 0.25) is 0 Å². The van der Waals surface area contributed by atoms with E-state index in [2.05, 4.69) is 60.8 Å². The van der Waals surface area contributed by atoms with Crippen LogP contribution in [0.3, 0.4) is 0 Å². The van der Waals surface area contributed by atoms with Crippen LogP contribution in [0.15, 0.2) is 24.3 Å². The molecule has 1 spiro atoms. The maximum Gasteiger partial charge on any atom is 0.315 e. The fourth-order valence-electron chi connectivity index (χ4n) is 4.06. The Morgan fingerprint density at radius 2 is 1.91 bits per heavy atom. The molecule has 1 saturated heterocycles. The number of benzene rings is 1. The third-order valence-electron chi connectivity index (χ3n) is 5.67. The predicted octanol–water partition coefficient (Wildman–Crippen LogP) is 2.46. The SMILES string of the molecule is Cc1cccc(C[C@]2(N(C)C)CC[C@@]3(CC2)CNC(=O)N3)c1. The molecule has 2 amide bonds. The molecular weight excluding hydrogens is 274 g/mol. The van der Waals surface area contributed by atoms with Gasteiger partial charge in [-0.2, -0.15) is 0 Å². The van der Waals surface area contributed by atoms with Gasteiger partial charge in [-0.05, 0) is 58.7 Å². The van der Waals surface area contributed by atoms with Crippen LogP contribution in [0.1, 0.15) is 36.8 Å². The lowest BCUT2D eigenvalue weighted by molar-refractivity contribution is 0.0675. The molecule has 0 unspecified atom stereocenters. The lowest BCUT2D eigenvalue weighted by Crippen LogP contribution is -2.56. The zero-order chi connectivity index (χ0) is 15.8. The fourth-order valence-corrected chi connectivity index (χ4v) is 4.06. The molecule has 2 N–H and O–H groups in total. The Labute approximate surface area is 133 Å². The standard InChI is InChI=1S/C18H27N3O/c1-14-5-4-6-15(11-14)12-18(21(2)3)9-7-17(8-10-18)13-19-16(22)20-17/h4-6,11H,7-10,12-13H2,1-3H3,(H2,19,20,22)/t17-,18+. The van der Waals surface area contributed by atoms with Crippen molar-refractivity contribution in [1.82, 2.24) is 15.5 Å². The Morgan fingerprint density at radius 3 is 2.45 bits per heavy atom. The molecule has 120 valence electrons. The van der Waals surface area contributed by atoms with E-state index in [4.69, 9.17) is 0 Å². The van der Waals surface area contributed by atoms with Crippen LogP contribution in [0.5, 0.6) is 0 Å². The Morgan fingerprint density at radius 1 is 1.18 bits per heavy atom. The largest absolute Gasteiger partial charge is 0.336 e.